The van der Waals surface area contributed by atoms with Crippen molar-refractivity contribution < 1.29 is 0 Å². The van der Waals surface area contributed by atoms with E-state index >= 15 is 0 Å². The van der Waals surface area contributed by atoms with Crippen LogP contribution in [0.2, 0.25) is 23.2 Å². The molecule has 0 spiro atoms. The highest BCUT2D eigenvalue weighted by Crippen LogP contribution is 2.41. The van der Waals surface area contributed by atoms with Crippen LogP contribution in [-0.4, -0.2) is 13.4 Å². The molecule has 0 nitrogen and oxygen atoms in total. The molecule has 0 fully saturated rings. The van der Waals surface area contributed by atoms with Gasteiger partial charge in [-0.25, -0.2) is 0 Å². The molecule has 0 rings (SSSR count). The van der Waals surface area contributed by atoms with Gasteiger partial charge in [0.2, 0.25) is 0 Å². The van der Waals surface area contributed by atoms with E-state index in [9.17, 15) is 0 Å². The largest absolute Gasteiger partial charge is 0.253 e. The average Bonchev–Trinajstić information content (AvgIpc) is 2.01. The first-order valence-corrected chi connectivity index (χ1v) is 13.5. The summed E-state index contributed by atoms with van der Waals surface area (Å²) in [6.07, 6.45) is 0. The van der Waals surface area contributed by atoms with Crippen molar-refractivity contribution in [2.75, 3.05) is 0 Å². The minimum Gasteiger partial charge on any atom is -0.146 e. The molecule has 0 aromatic rings. The van der Waals surface area contributed by atoms with Gasteiger partial charge < -0.3 is 0 Å². The fraction of sp³-hybridized carbons (Fsp3) is 1.00. The predicted octanol–water partition coefficient (Wildman–Crippen LogP) is 5.65. The lowest BCUT2D eigenvalue weighted by molar-refractivity contribution is 1.01. The SMILES string of the molecule is CC(C)[Si](Cl)(Cl)CC[Si](Cl)(Cl)C(C)C. The summed E-state index contributed by atoms with van der Waals surface area (Å²) >= 11 is 25.2. The predicted molar refractivity (Wildman–Crippen MR) is 74.7 cm³/mol. The number of hydrogen-bond donors (Lipinski definition) is 0. The van der Waals surface area contributed by atoms with E-state index in [-0.39, 0.29) is 0 Å². The highest BCUT2D eigenvalue weighted by molar-refractivity contribution is 7.48. The van der Waals surface area contributed by atoms with Crippen LogP contribution in [0.1, 0.15) is 27.7 Å². The Kier molecular flexibility index (Phi) is 6.44. The van der Waals surface area contributed by atoms with E-state index in [2.05, 4.69) is 27.7 Å². The second-order valence-corrected chi connectivity index (χ2v) is 19.9. The van der Waals surface area contributed by atoms with Gasteiger partial charge in [0.25, 0.3) is 13.4 Å². The fourth-order valence-electron chi connectivity index (χ4n) is 0.911. The highest BCUT2D eigenvalue weighted by Gasteiger charge is 2.39. The van der Waals surface area contributed by atoms with Gasteiger partial charge in [0, 0.05) is 0 Å². The topological polar surface area (TPSA) is 0 Å². The Labute approximate surface area is 108 Å². The maximum Gasteiger partial charge on any atom is 0.253 e. The summed E-state index contributed by atoms with van der Waals surface area (Å²) in [6, 6.07) is 1.62. The van der Waals surface area contributed by atoms with Crippen molar-refractivity contribution >= 4 is 57.7 Å². The Morgan fingerprint density at radius 1 is 0.714 bits per heavy atom. The van der Waals surface area contributed by atoms with E-state index in [0.29, 0.717) is 11.1 Å². The van der Waals surface area contributed by atoms with Gasteiger partial charge in [0.1, 0.15) is 0 Å². The fourth-order valence-corrected chi connectivity index (χ4v) is 8.13. The van der Waals surface area contributed by atoms with Gasteiger partial charge in [-0.15, -0.1) is 44.3 Å². The summed E-state index contributed by atoms with van der Waals surface area (Å²) in [5, 5.41) is 0. The summed E-state index contributed by atoms with van der Waals surface area (Å²) in [5.41, 5.74) is 0.715. The Bertz CT molecular complexity index is 160. The van der Waals surface area contributed by atoms with Crippen LogP contribution in [0.15, 0.2) is 0 Å². The van der Waals surface area contributed by atoms with Crippen LogP contribution in [0, 0.1) is 0 Å². The van der Waals surface area contributed by atoms with Crippen molar-refractivity contribution in [2.45, 2.75) is 50.9 Å². The Hall–Kier alpha value is 1.59. The Morgan fingerprint density at radius 2 is 0.929 bits per heavy atom. The molecule has 0 aromatic heterocycles. The highest BCUT2D eigenvalue weighted by atomic mass is 35.7. The molecule has 0 N–H and O–H groups in total. The summed E-state index contributed by atoms with van der Waals surface area (Å²) in [5.74, 6) is 0. The zero-order chi connectivity index (χ0) is 11.6. The lowest BCUT2D eigenvalue weighted by Gasteiger charge is -2.26. The third kappa shape index (κ3) is 5.08. The molecule has 14 heavy (non-hydrogen) atoms. The minimum atomic E-state index is -2.13. The van der Waals surface area contributed by atoms with Crippen molar-refractivity contribution in [1.29, 1.82) is 0 Å². The van der Waals surface area contributed by atoms with Crippen molar-refractivity contribution in [2.24, 2.45) is 0 Å². The molecule has 0 atom stereocenters. The molecular formula is C8H18Cl4Si2. The molecule has 0 aliphatic rings. The van der Waals surface area contributed by atoms with Crippen LogP contribution in [0.3, 0.4) is 0 Å². The van der Waals surface area contributed by atoms with Gasteiger partial charge in [0.15, 0.2) is 0 Å². The van der Waals surface area contributed by atoms with E-state index in [0.717, 1.165) is 12.1 Å². The molecule has 0 aliphatic heterocycles. The third-order valence-corrected chi connectivity index (χ3v) is 15.7. The van der Waals surface area contributed by atoms with Crippen LogP contribution in [0.4, 0.5) is 0 Å². The maximum absolute atomic E-state index is 6.29. The van der Waals surface area contributed by atoms with Gasteiger partial charge in [-0.1, -0.05) is 27.7 Å². The van der Waals surface area contributed by atoms with Crippen molar-refractivity contribution in [3.63, 3.8) is 0 Å². The summed E-state index contributed by atoms with van der Waals surface area (Å²) in [4.78, 5) is 0. The molecule has 0 heterocycles. The molecule has 0 aromatic carbocycles. The lowest BCUT2D eigenvalue weighted by atomic mass is 10.6. The van der Waals surface area contributed by atoms with E-state index < -0.39 is 13.4 Å². The molecule has 0 radical (unpaired) electrons. The van der Waals surface area contributed by atoms with Gasteiger partial charge in [-0.2, -0.15) is 0 Å². The van der Waals surface area contributed by atoms with Crippen molar-refractivity contribution in [3.8, 4) is 0 Å². The zero-order valence-electron chi connectivity index (χ0n) is 9.08. The van der Waals surface area contributed by atoms with Gasteiger partial charge in [0.05, 0.1) is 0 Å². The van der Waals surface area contributed by atoms with Crippen molar-refractivity contribution in [1.82, 2.24) is 0 Å². The van der Waals surface area contributed by atoms with Gasteiger partial charge >= 0.3 is 0 Å². The minimum absolute atomic E-state index is 0.358. The Morgan fingerprint density at radius 3 is 1.07 bits per heavy atom. The lowest BCUT2D eigenvalue weighted by Crippen LogP contribution is -2.30. The van der Waals surface area contributed by atoms with Crippen LogP contribution in [0.25, 0.3) is 0 Å². The summed E-state index contributed by atoms with van der Waals surface area (Å²) in [7, 11) is 0. The molecule has 86 valence electrons. The zero-order valence-corrected chi connectivity index (χ0v) is 14.1. The molecule has 0 bridgehead atoms. The van der Waals surface area contributed by atoms with Crippen LogP contribution in [0.5, 0.6) is 0 Å². The second kappa shape index (κ2) is 5.78. The van der Waals surface area contributed by atoms with Crippen molar-refractivity contribution in [3.05, 3.63) is 0 Å². The van der Waals surface area contributed by atoms with Crippen LogP contribution < -0.4 is 0 Å². The number of halogens is 4. The normalized spacial score (nSPS) is 14.1. The monoisotopic (exact) mass is 310 g/mol. The van der Waals surface area contributed by atoms with Gasteiger partial charge in [-0.3, -0.25) is 0 Å². The number of rotatable bonds is 5. The first-order valence-electron chi connectivity index (χ1n) is 4.85. The van der Waals surface area contributed by atoms with Crippen LogP contribution >= 0.6 is 44.3 Å². The standard InChI is InChI=1S/C8H18Cl4Si2/c1-7(2)13(9,10)5-6-14(11,12)8(3)4/h7-8H,5-6H2,1-4H3. The Balaban J connectivity index is 4.18. The molecule has 0 saturated carbocycles. The number of hydrogen-bond acceptors (Lipinski definition) is 0. The molecular weight excluding hydrogens is 294 g/mol. The smallest absolute Gasteiger partial charge is 0.146 e. The second-order valence-electron chi connectivity index (χ2n) is 4.33. The molecule has 0 amide bonds. The summed E-state index contributed by atoms with van der Waals surface area (Å²) < 4.78 is 0. The first-order chi connectivity index (χ1) is 6.09. The van der Waals surface area contributed by atoms with E-state index in [1.165, 1.54) is 0 Å². The molecule has 0 unspecified atom stereocenters. The van der Waals surface area contributed by atoms with E-state index in [1.54, 1.807) is 0 Å². The van der Waals surface area contributed by atoms with E-state index in [1.807, 2.05) is 0 Å². The summed E-state index contributed by atoms with van der Waals surface area (Å²) in [6.45, 7) is 4.00. The van der Waals surface area contributed by atoms with Crippen LogP contribution in [-0.2, 0) is 0 Å². The maximum atomic E-state index is 6.29. The molecule has 0 aliphatic carbocycles. The quantitative estimate of drug-likeness (QED) is 0.455. The van der Waals surface area contributed by atoms with Gasteiger partial charge in [-0.05, 0) is 23.2 Å². The molecule has 0 saturated heterocycles. The third-order valence-electron chi connectivity index (χ3n) is 2.48. The average molecular weight is 312 g/mol. The molecule has 6 heteroatoms. The first kappa shape index (κ1) is 15.6. The van der Waals surface area contributed by atoms with E-state index in [4.69, 9.17) is 44.3 Å².